The number of allylic oxidation sites excluding steroid dienone is 2. The molecular weight excluding hydrogens is 647 g/mol. The third-order valence-electron chi connectivity index (χ3n) is 6.78. The van der Waals surface area contributed by atoms with Gasteiger partial charge in [0.05, 0.1) is 31.7 Å². The highest BCUT2D eigenvalue weighted by Gasteiger charge is 2.88. The quantitative estimate of drug-likeness (QED) is 0.136. The van der Waals surface area contributed by atoms with Crippen LogP contribution < -0.4 is 0 Å². The summed E-state index contributed by atoms with van der Waals surface area (Å²) in [6.07, 6.45) is 0. The molecule has 2 heterocycles. The zero-order valence-corrected chi connectivity index (χ0v) is 23.7. The van der Waals surface area contributed by atoms with Crippen molar-refractivity contribution in [2.45, 2.75) is 14.1 Å². The van der Waals surface area contributed by atoms with E-state index in [9.17, 15) is 29.3 Å². The fraction of sp³-hybridized carbons (Fsp3) is 0.273. The summed E-state index contributed by atoms with van der Waals surface area (Å²) >= 11 is 40.2. The van der Waals surface area contributed by atoms with E-state index in [1.54, 1.807) is 11.4 Å². The SMILES string of the molecule is O=C(CN(C(=O)c1ccc([N+](=O)[O-])cc1)N1C(=O)[C@H]2[C@H](C1=O)[C@@]1(Cl)C(Cl)=C(Cl)[C@@]2(Cl)C1(Cl)Cl)c1cccs1. The van der Waals surface area contributed by atoms with Crippen LogP contribution in [0.3, 0.4) is 0 Å². The number of amides is 3. The molecule has 1 aliphatic heterocycles. The summed E-state index contributed by atoms with van der Waals surface area (Å²) in [5.41, 5.74) is -0.444. The Bertz CT molecular complexity index is 1420. The van der Waals surface area contributed by atoms with Crippen LogP contribution in [-0.2, 0) is 9.59 Å². The monoisotopic (exact) mass is 655 g/mol. The lowest BCUT2D eigenvalue weighted by molar-refractivity contribution is -0.384. The van der Waals surface area contributed by atoms with Crippen LogP contribution in [0.4, 0.5) is 5.69 Å². The summed E-state index contributed by atoms with van der Waals surface area (Å²) in [7, 11) is 0. The number of non-ortho nitro benzene ring substituents is 1. The van der Waals surface area contributed by atoms with Gasteiger partial charge in [0.1, 0.15) is 16.3 Å². The number of ketones is 1. The van der Waals surface area contributed by atoms with Crippen LogP contribution in [0.1, 0.15) is 20.0 Å². The molecule has 0 spiro atoms. The number of nitrogens with zero attached hydrogens (tertiary/aromatic N) is 3. The number of thiophene rings is 1. The van der Waals surface area contributed by atoms with Gasteiger partial charge in [-0.15, -0.1) is 34.5 Å². The molecule has 38 heavy (non-hydrogen) atoms. The normalized spacial score (nSPS) is 29.2. The molecule has 3 aliphatic rings. The molecule has 9 nitrogen and oxygen atoms in total. The molecule has 0 unspecified atom stereocenters. The number of fused-ring (bicyclic) bond motifs is 5. The van der Waals surface area contributed by atoms with Gasteiger partial charge in [-0.05, 0) is 23.6 Å². The van der Waals surface area contributed by atoms with E-state index in [0.29, 0.717) is 10.0 Å². The molecular formula is C22H11Cl6N3O6S. The number of imide groups is 1. The highest BCUT2D eigenvalue weighted by Crippen LogP contribution is 2.77. The van der Waals surface area contributed by atoms with E-state index < -0.39 is 60.9 Å². The van der Waals surface area contributed by atoms with Crippen molar-refractivity contribution in [3.05, 3.63) is 72.4 Å². The van der Waals surface area contributed by atoms with Crippen LogP contribution in [0, 0.1) is 22.0 Å². The molecule has 1 saturated carbocycles. The lowest BCUT2D eigenvalue weighted by Crippen LogP contribution is -2.56. The van der Waals surface area contributed by atoms with Gasteiger partial charge in [-0.25, -0.2) is 5.01 Å². The molecule has 2 fully saturated rings. The number of nitro groups is 1. The van der Waals surface area contributed by atoms with Gasteiger partial charge in [0.15, 0.2) is 10.1 Å². The van der Waals surface area contributed by atoms with Gasteiger partial charge < -0.3 is 0 Å². The Kier molecular flexibility index (Phi) is 6.59. The number of alkyl halides is 4. The Morgan fingerprint density at radius 2 is 1.50 bits per heavy atom. The summed E-state index contributed by atoms with van der Waals surface area (Å²) in [5.74, 6) is -6.67. The molecule has 2 bridgehead atoms. The molecule has 2 aromatic rings. The average molecular weight is 658 g/mol. The van der Waals surface area contributed by atoms with Gasteiger partial charge in [-0.1, -0.05) is 52.5 Å². The minimum atomic E-state index is -2.18. The van der Waals surface area contributed by atoms with Gasteiger partial charge >= 0.3 is 0 Å². The summed E-state index contributed by atoms with van der Waals surface area (Å²) in [6, 6.07) is 7.50. The third kappa shape index (κ3) is 3.38. The van der Waals surface area contributed by atoms with Crippen LogP contribution in [0.15, 0.2) is 51.8 Å². The third-order valence-corrected chi connectivity index (χ3v) is 11.9. The number of nitro benzene ring substituents is 1. The first-order chi connectivity index (χ1) is 17.7. The van der Waals surface area contributed by atoms with Crippen molar-refractivity contribution in [3.8, 4) is 0 Å². The van der Waals surface area contributed by atoms with E-state index in [1.807, 2.05) is 0 Å². The fourth-order valence-corrected chi connectivity index (χ4v) is 8.56. The first-order valence-electron chi connectivity index (χ1n) is 10.5. The zero-order chi connectivity index (χ0) is 27.9. The second-order valence-corrected chi connectivity index (χ2v) is 12.9. The van der Waals surface area contributed by atoms with Crippen molar-refractivity contribution in [1.29, 1.82) is 0 Å². The predicted octanol–water partition coefficient (Wildman–Crippen LogP) is 5.34. The van der Waals surface area contributed by atoms with E-state index in [4.69, 9.17) is 69.6 Å². The van der Waals surface area contributed by atoms with Gasteiger partial charge in [-0.2, -0.15) is 5.01 Å². The van der Waals surface area contributed by atoms with Crippen LogP contribution in [0.25, 0.3) is 0 Å². The molecule has 16 heteroatoms. The molecule has 2 aliphatic carbocycles. The van der Waals surface area contributed by atoms with Crippen molar-refractivity contribution in [1.82, 2.24) is 10.0 Å². The van der Waals surface area contributed by atoms with Gasteiger partial charge in [0.2, 0.25) is 0 Å². The van der Waals surface area contributed by atoms with E-state index >= 15 is 0 Å². The number of Topliss-reactive ketones (excluding diaryl/α,β-unsaturated/α-hetero) is 1. The van der Waals surface area contributed by atoms with Gasteiger partial charge in [-0.3, -0.25) is 29.3 Å². The fourth-order valence-electron chi connectivity index (χ4n) is 4.98. The number of carbonyl (C=O) groups is 4. The summed E-state index contributed by atoms with van der Waals surface area (Å²) in [4.78, 5) is 60.6. The largest absolute Gasteiger partial charge is 0.291 e. The highest BCUT2D eigenvalue weighted by molar-refractivity contribution is 7.12. The van der Waals surface area contributed by atoms with Crippen molar-refractivity contribution in [2.24, 2.45) is 11.8 Å². The molecule has 1 aromatic carbocycles. The number of carbonyl (C=O) groups excluding carboxylic acids is 4. The average Bonchev–Trinajstić information content (AvgIpc) is 3.56. The maximum absolute atomic E-state index is 13.8. The van der Waals surface area contributed by atoms with Crippen LogP contribution in [-0.4, -0.2) is 59.1 Å². The Hall–Kier alpha value is -1.92. The van der Waals surface area contributed by atoms with Crippen molar-refractivity contribution in [2.75, 3.05) is 6.54 Å². The zero-order valence-electron chi connectivity index (χ0n) is 18.4. The number of hydrogen-bond donors (Lipinski definition) is 0. The minimum absolute atomic E-state index is 0.144. The number of rotatable bonds is 6. The van der Waals surface area contributed by atoms with Gasteiger partial charge in [0.25, 0.3) is 23.4 Å². The van der Waals surface area contributed by atoms with E-state index in [2.05, 4.69) is 0 Å². The first kappa shape index (κ1) is 27.6. The smallest absolute Gasteiger partial charge is 0.273 e. The van der Waals surface area contributed by atoms with E-state index in [0.717, 1.165) is 35.6 Å². The number of benzene rings is 1. The lowest BCUT2D eigenvalue weighted by atomic mass is 9.84. The summed E-state index contributed by atoms with van der Waals surface area (Å²) < 4.78 is -2.18. The second kappa shape index (κ2) is 9.05. The van der Waals surface area contributed by atoms with Crippen molar-refractivity contribution in [3.63, 3.8) is 0 Å². The first-order valence-corrected chi connectivity index (χ1v) is 13.7. The number of halogens is 6. The molecule has 1 saturated heterocycles. The molecule has 198 valence electrons. The van der Waals surface area contributed by atoms with Crippen LogP contribution in [0.5, 0.6) is 0 Å². The highest BCUT2D eigenvalue weighted by atomic mass is 35.5. The minimum Gasteiger partial charge on any atom is -0.291 e. The van der Waals surface area contributed by atoms with Crippen LogP contribution >= 0.6 is 80.9 Å². The molecule has 0 N–H and O–H groups in total. The van der Waals surface area contributed by atoms with Gasteiger partial charge in [0, 0.05) is 17.7 Å². The Labute approximate surface area is 247 Å². The molecule has 5 rings (SSSR count). The number of hydrazine groups is 1. The second-order valence-electron chi connectivity index (χ2n) is 8.64. The van der Waals surface area contributed by atoms with Crippen molar-refractivity contribution >= 4 is 110 Å². The molecule has 4 atom stereocenters. The topological polar surface area (TPSA) is 118 Å². The number of hydrogen-bond acceptors (Lipinski definition) is 7. The maximum atomic E-state index is 13.8. The molecule has 3 amide bonds. The Balaban J connectivity index is 1.59. The Morgan fingerprint density at radius 3 is 1.95 bits per heavy atom. The summed E-state index contributed by atoms with van der Waals surface area (Å²) in [5, 5.41) is 13.2. The molecule has 0 radical (unpaired) electrons. The van der Waals surface area contributed by atoms with E-state index in [-0.39, 0.29) is 26.2 Å². The van der Waals surface area contributed by atoms with E-state index in [1.165, 1.54) is 6.07 Å². The lowest BCUT2D eigenvalue weighted by Gasteiger charge is -2.36. The maximum Gasteiger partial charge on any atom is 0.273 e. The molecule has 1 aromatic heterocycles. The summed E-state index contributed by atoms with van der Waals surface area (Å²) in [6.45, 7) is -0.736. The standard InChI is InChI=1S/C22H11Cl6N3O6S/c23-15-16(24)21(26)14-13(20(15,25)22(21,27)28)18(34)30(19(14)35)29(8-11(32)12-2-1-7-38-12)17(33)9-3-5-10(6-4-9)31(36)37/h1-7,13-14H,8H2/t13-,14-,20-,21-/m1/s1. The van der Waals surface area contributed by atoms with Crippen molar-refractivity contribution < 1.29 is 24.1 Å². The Morgan fingerprint density at radius 1 is 0.974 bits per heavy atom. The predicted molar refractivity (Wildman–Crippen MR) is 142 cm³/mol. The van der Waals surface area contributed by atoms with Crippen LogP contribution in [0.2, 0.25) is 0 Å².